The second kappa shape index (κ2) is 15.2. The van der Waals surface area contributed by atoms with Gasteiger partial charge in [-0.25, -0.2) is 24.2 Å². The molecule has 3 aromatic heterocycles. The van der Waals surface area contributed by atoms with E-state index < -0.39 is 21.5 Å². The van der Waals surface area contributed by atoms with Gasteiger partial charge in [-0.05, 0) is 134 Å². The van der Waals surface area contributed by atoms with Gasteiger partial charge in [-0.15, -0.1) is 5.10 Å². The van der Waals surface area contributed by atoms with E-state index in [9.17, 15) is 18.0 Å². The number of anilines is 1. The highest BCUT2D eigenvalue weighted by molar-refractivity contribution is 7.90. The molecule has 282 valence electrons. The van der Waals surface area contributed by atoms with Gasteiger partial charge in [0, 0.05) is 30.4 Å². The van der Waals surface area contributed by atoms with Gasteiger partial charge < -0.3 is 19.7 Å². The van der Waals surface area contributed by atoms with Crippen LogP contribution >= 0.6 is 11.6 Å². The number of hydrogen-bond donors (Lipinski definition) is 2. The maximum atomic E-state index is 13.2. The van der Waals surface area contributed by atoms with Gasteiger partial charge in [0.2, 0.25) is 5.88 Å². The average molecular weight is 756 g/mol. The zero-order chi connectivity index (χ0) is 37.3. The first-order valence-electron chi connectivity index (χ1n) is 18.3. The largest absolute Gasteiger partial charge is 0.477 e. The van der Waals surface area contributed by atoms with Crippen LogP contribution in [0.1, 0.15) is 103 Å². The summed E-state index contributed by atoms with van der Waals surface area (Å²) in [5, 5.41) is 7.09. The predicted molar refractivity (Wildman–Crippen MR) is 197 cm³/mol. The summed E-state index contributed by atoms with van der Waals surface area (Å²) in [5.74, 6) is 2.70. The normalized spacial score (nSPS) is 18.8. The molecule has 15 heteroatoms. The molecule has 1 atom stereocenters. The number of sulfonamides is 1. The maximum absolute atomic E-state index is 13.2. The van der Waals surface area contributed by atoms with E-state index in [1.807, 2.05) is 30.4 Å². The maximum Gasteiger partial charge on any atom is 0.410 e. The lowest BCUT2D eigenvalue weighted by Crippen LogP contribution is -2.49. The summed E-state index contributed by atoms with van der Waals surface area (Å²) in [6.07, 6.45) is 11.0. The third kappa shape index (κ3) is 9.54. The van der Waals surface area contributed by atoms with E-state index in [0.29, 0.717) is 37.1 Å². The van der Waals surface area contributed by atoms with Gasteiger partial charge in [0.1, 0.15) is 16.6 Å². The summed E-state index contributed by atoms with van der Waals surface area (Å²) in [4.78, 5) is 36.4. The molecule has 2 amide bonds. The second-order valence-electron chi connectivity index (χ2n) is 15.8. The Balaban J connectivity index is 0.997. The summed E-state index contributed by atoms with van der Waals surface area (Å²) < 4.78 is 41.5. The highest BCUT2D eigenvalue weighted by atomic mass is 35.5. The van der Waals surface area contributed by atoms with Crippen molar-refractivity contribution in [2.75, 3.05) is 18.5 Å². The average Bonchev–Trinajstić information content (AvgIpc) is 4.00. The molecule has 52 heavy (non-hydrogen) atoms. The number of carbonyl (C=O) groups is 2. The van der Waals surface area contributed by atoms with E-state index >= 15 is 0 Å². The standard InChI is InChI=1S/C37H50ClN7O6S/c1-36(2,3)51-35(47)45-26(17-20-37(45,4)5)8-7-21-39-29-9-6-10-32(40-29)52(48,49)43-34(46)28-15-16-30(41-33(28)38)44-22-18-31(42-44)50-23-19-27(24-11-12-24)25-13-14-25/h6,9-10,15-16,18,22,24-27H,7-8,11-14,17,19-21,23H2,1-5H3,(H,39,40)(H,43,46). The zero-order valence-electron chi connectivity index (χ0n) is 30.6. The van der Waals surface area contributed by atoms with Gasteiger partial charge in [-0.2, -0.15) is 8.42 Å². The number of pyridine rings is 2. The van der Waals surface area contributed by atoms with Crippen LogP contribution in [0.2, 0.25) is 5.15 Å². The van der Waals surface area contributed by atoms with Crippen molar-refractivity contribution in [1.82, 2.24) is 29.4 Å². The van der Waals surface area contributed by atoms with Gasteiger partial charge in [0.25, 0.3) is 15.9 Å². The highest BCUT2D eigenvalue weighted by Gasteiger charge is 2.44. The van der Waals surface area contributed by atoms with Crippen molar-refractivity contribution in [3.63, 3.8) is 0 Å². The molecule has 1 aliphatic heterocycles. The third-order valence-electron chi connectivity index (χ3n) is 9.98. The zero-order valence-corrected chi connectivity index (χ0v) is 32.2. The van der Waals surface area contributed by atoms with Gasteiger partial charge >= 0.3 is 6.09 Å². The molecule has 4 heterocycles. The van der Waals surface area contributed by atoms with Crippen LogP contribution in [0, 0.1) is 17.8 Å². The number of nitrogens with one attached hydrogen (secondary N) is 2. The van der Waals surface area contributed by atoms with E-state index in [-0.39, 0.29) is 33.4 Å². The number of hydrogen-bond acceptors (Lipinski definition) is 10. The van der Waals surface area contributed by atoms with Crippen LogP contribution in [-0.2, 0) is 14.8 Å². The molecule has 3 aliphatic rings. The van der Waals surface area contributed by atoms with E-state index in [4.69, 9.17) is 21.1 Å². The molecule has 1 unspecified atom stereocenters. The van der Waals surface area contributed by atoms with Crippen molar-refractivity contribution < 1.29 is 27.5 Å². The molecule has 0 spiro atoms. The van der Waals surface area contributed by atoms with Crippen molar-refractivity contribution in [3.05, 3.63) is 53.3 Å². The first-order valence-corrected chi connectivity index (χ1v) is 20.1. The number of amides is 2. The topological polar surface area (TPSA) is 158 Å². The first kappa shape index (κ1) is 37.8. The van der Waals surface area contributed by atoms with Crippen molar-refractivity contribution >= 4 is 39.4 Å². The van der Waals surface area contributed by atoms with Gasteiger partial charge in [-0.3, -0.25) is 4.79 Å². The minimum atomic E-state index is -4.34. The Morgan fingerprint density at radius 1 is 1.04 bits per heavy atom. The summed E-state index contributed by atoms with van der Waals surface area (Å²) >= 11 is 6.37. The van der Waals surface area contributed by atoms with Gasteiger partial charge in [0.05, 0.1) is 12.2 Å². The lowest BCUT2D eigenvalue weighted by atomic mass is 9.95. The minimum absolute atomic E-state index is 0.0361. The molecule has 1 saturated heterocycles. The van der Waals surface area contributed by atoms with Crippen LogP contribution in [0.25, 0.3) is 5.82 Å². The molecule has 0 bridgehead atoms. The number of carbonyl (C=O) groups excluding carboxylic acids is 2. The van der Waals surface area contributed by atoms with E-state index in [1.54, 1.807) is 24.4 Å². The Labute approximate surface area is 311 Å². The Kier molecular flexibility index (Phi) is 11.1. The number of halogens is 1. The monoisotopic (exact) mass is 755 g/mol. The van der Waals surface area contributed by atoms with Crippen LogP contribution in [-0.4, -0.2) is 75.4 Å². The summed E-state index contributed by atoms with van der Waals surface area (Å²) in [7, 11) is -4.34. The van der Waals surface area contributed by atoms with Crippen LogP contribution < -0.4 is 14.8 Å². The molecule has 2 aliphatic carbocycles. The van der Waals surface area contributed by atoms with E-state index in [1.165, 1.54) is 48.6 Å². The van der Waals surface area contributed by atoms with Crippen LogP contribution in [0.3, 0.4) is 0 Å². The Bertz CT molecular complexity index is 1860. The fourth-order valence-corrected chi connectivity index (χ4v) is 8.30. The molecule has 6 rings (SSSR count). The molecule has 2 saturated carbocycles. The fraction of sp³-hybridized carbons (Fsp3) is 0.595. The molecule has 0 aromatic carbocycles. The summed E-state index contributed by atoms with van der Waals surface area (Å²) in [6.45, 7) is 10.8. The van der Waals surface area contributed by atoms with Crippen molar-refractivity contribution in [2.45, 2.75) is 115 Å². The minimum Gasteiger partial charge on any atom is -0.477 e. The SMILES string of the molecule is CC(C)(C)OC(=O)N1C(CCCNc2cccc(S(=O)(=O)NC(=O)c3ccc(-n4ccc(OCCC(C5CC5)C5CC5)n4)nc3Cl)n2)CCC1(C)C. The first-order chi connectivity index (χ1) is 24.6. The summed E-state index contributed by atoms with van der Waals surface area (Å²) in [5.41, 5.74) is -1.00. The molecular formula is C37H50ClN7O6S. The van der Waals surface area contributed by atoms with Crippen molar-refractivity contribution in [2.24, 2.45) is 17.8 Å². The molecule has 0 radical (unpaired) electrons. The lowest BCUT2D eigenvalue weighted by molar-refractivity contribution is 0.00293. The Morgan fingerprint density at radius 3 is 2.44 bits per heavy atom. The number of likely N-dealkylation sites (tertiary alicyclic amines) is 1. The van der Waals surface area contributed by atoms with Crippen molar-refractivity contribution in [1.29, 1.82) is 0 Å². The van der Waals surface area contributed by atoms with Crippen LogP contribution in [0.5, 0.6) is 5.88 Å². The van der Waals surface area contributed by atoms with Crippen molar-refractivity contribution in [3.8, 4) is 11.7 Å². The van der Waals surface area contributed by atoms with Crippen LogP contribution in [0.4, 0.5) is 10.6 Å². The molecular weight excluding hydrogens is 706 g/mol. The molecule has 2 N–H and O–H groups in total. The van der Waals surface area contributed by atoms with Gasteiger partial charge in [-0.1, -0.05) is 17.7 Å². The number of ether oxygens (including phenoxy) is 2. The van der Waals surface area contributed by atoms with E-state index in [0.717, 1.165) is 43.4 Å². The van der Waals surface area contributed by atoms with Gasteiger partial charge in [0.15, 0.2) is 10.8 Å². The number of nitrogens with zero attached hydrogens (tertiary/aromatic N) is 5. The third-order valence-corrected chi connectivity index (χ3v) is 11.5. The predicted octanol–water partition coefficient (Wildman–Crippen LogP) is 7.01. The highest BCUT2D eigenvalue weighted by Crippen LogP contribution is 2.50. The lowest BCUT2D eigenvalue weighted by Gasteiger charge is -2.37. The quantitative estimate of drug-likeness (QED) is 0.122. The Hall–Kier alpha value is -3.91. The van der Waals surface area contributed by atoms with E-state index in [2.05, 4.69) is 34.2 Å². The molecule has 3 fully saturated rings. The number of aromatic nitrogens is 4. The second-order valence-corrected chi connectivity index (χ2v) is 17.8. The summed E-state index contributed by atoms with van der Waals surface area (Å²) in [6, 6.07) is 9.21. The van der Waals surface area contributed by atoms with Crippen LogP contribution in [0.15, 0.2) is 47.6 Å². The molecule has 13 nitrogen and oxygen atoms in total. The fourth-order valence-electron chi connectivity index (χ4n) is 7.13. The Morgan fingerprint density at radius 2 is 1.77 bits per heavy atom. The number of rotatable bonds is 15. The smallest absolute Gasteiger partial charge is 0.410 e. The molecule has 3 aromatic rings.